The Morgan fingerprint density at radius 1 is 1.24 bits per heavy atom. The summed E-state index contributed by atoms with van der Waals surface area (Å²) in [4.78, 5) is 4.59. The fourth-order valence-electron chi connectivity index (χ4n) is 4.82. The van der Waals surface area contributed by atoms with Gasteiger partial charge in [-0.3, -0.25) is 10.1 Å². The first kappa shape index (κ1) is 21.7. The molecule has 0 amide bonds. The summed E-state index contributed by atoms with van der Waals surface area (Å²) in [5.74, 6) is 1.85. The highest BCUT2D eigenvalue weighted by atomic mass is 16.3. The summed E-state index contributed by atoms with van der Waals surface area (Å²) in [5.41, 5.74) is 5.07. The topological polar surface area (TPSA) is 105 Å². The van der Waals surface area contributed by atoms with Crippen LogP contribution in [0.2, 0.25) is 0 Å². The lowest BCUT2D eigenvalue weighted by molar-refractivity contribution is 0.187. The summed E-state index contributed by atoms with van der Waals surface area (Å²) in [6.07, 6.45) is 6.92. The molecular weight excluding hydrogens is 414 g/mol. The molecule has 0 aliphatic heterocycles. The van der Waals surface area contributed by atoms with Gasteiger partial charge in [-0.05, 0) is 50.3 Å². The lowest BCUT2D eigenvalue weighted by Gasteiger charge is -2.33. The van der Waals surface area contributed by atoms with Gasteiger partial charge in [0.25, 0.3) is 0 Å². The molecule has 33 heavy (non-hydrogen) atoms. The summed E-state index contributed by atoms with van der Waals surface area (Å²) in [7, 11) is 2.02. The summed E-state index contributed by atoms with van der Waals surface area (Å²) >= 11 is 0. The van der Waals surface area contributed by atoms with Crippen LogP contribution in [0.3, 0.4) is 0 Å². The zero-order valence-corrected chi connectivity index (χ0v) is 19.4. The average molecular weight is 446 g/mol. The molecule has 1 saturated carbocycles. The number of nitrogens with one attached hydrogen (secondary N) is 2. The monoisotopic (exact) mass is 445 g/mol. The van der Waals surface area contributed by atoms with Crippen LogP contribution in [-0.2, 0) is 7.05 Å². The van der Waals surface area contributed by atoms with E-state index in [4.69, 9.17) is 0 Å². The largest absolute Gasteiger partial charge is 0.392 e. The SMILES string of the molecule is C[C@H](O)CN[C@H](C)c1nccc2c(-c3cccc([C@H](c4nncn4C)C4CCC4)c3)n[nH]c12. The van der Waals surface area contributed by atoms with E-state index >= 15 is 0 Å². The van der Waals surface area contributed by atoms with E-state index in [9.17, 15) is 5.11 Å². The molecule has 3 aromatic heterocycles. The van der Waals surface area contributed by atoms with Crippen molar-refractivity contribution in [2.24, 2.45) is 13.0 Å². The molecule has 0 unspecified atom stereocenters. The number of aromatic amines is 1. The fourth-order valence-corrected chi connectivity index (χ4v) is 4.82. The molecule has 4 aromatic rings. The van der Waals surface area contributed by atoms with Crippen molar-refractivity contribution in [1.82, 2.24) is 35.3 Å². The number of aliphatic hydroxyl groups excluding tert-OH is 1. The lowest BCUT2D eigenvalue weighted by Crippen LogP contribution is -2.27. The van der Waals surface area contributed by atoms with Gasteiger partial charge in [-0.15, -0.1) is 10.2 Å². The standard InChI is InChI=1S/C25H31N7O/c1-15(33)13-27-16(2)22-24-20(10-11-26-22)23(29-30-24)19-9-5-8-18(12-19)21(17-6-4-7-17)25-31-28-14-32(25)3/h5,8-12,14-17,21,27,33H,4,6-7,13H2,1-3H3,(H,29,30)/t15-,16+,21+/m0/s1. The van der Waals surface area contributed by atoms with Crippen molar-refractivity contribution >= 4 is 10.9 Å². The highest BCUT2D eigenvalue weighted by Crippen LogP contribution is 2.43. The molecule has 1 aliphatic carbocycles. The Bertz CT molecular complexity index is 1240. The number of hydrogen-bond acceptors (Lipinski definition) is 6. The number of hydrogen-bond donors (Lipinski definition) is 3. The van der Waals surface area contributed by atoms with Crippen LogP contribution in [0.1, 0.15) is 62.2 Å². The highest BCUT2D eigenvalue weighted by Gasteiger charge is 2.33. The second-order valence-corrected chi connectivity index (χ2v) is 9.26. The first-order valence-corrected chi connectivity index (χ1v) is 11.7. The van der Waals surface area contributed by atoms with Gasteiger partial charge in [-0.2, -0.15) is 5.10 Å². The van der Waals surface area contributed by atoms with Gasteiger partial charge in [0.15, 0.2) is 0 Å². The minimum Gasteiger partial charge on any atom is -0.392 e. The first-order valence-electron chi connectivity index (χ1n) is 11.7. The number of aliphatic hydroxyl groups is 1. The van der Waals surface area contributed by atoms with E-state index in [0.29, 0.717) is 12.5 Å². The number of nitrogens with zero attached hydrogens (tertiary/aromatic N) is 5. The van der Waals surface area contributed by atoms with Crippen molar-refractivity contribution in [3.8, 4) is 11.3 Å². The number of fused-ring (bicyclic) bond motifs is 1. The second-order valence-electron chi connectivity index (χ2n) is 9.26. The van der Waals surface area contributed by atoms with Gasteiger partial charge in [-0.25, -0.2) is 0 Å². The minimum absolute atomic E-state index is 0.0122. The Morgan fingerprint density at radius 2 is 2.09 bits per heavy atom. The highest BCUT2D eigenvalue weighted by molar-refractivity contribution is 5.94. The molecule has 8 heteroatoms. The van der Waals surface area contributed by atoms with E-state index in [-0.39, 0.29) is 12.0 Å². The Hall–Kier alpha value is -3.10. The van der Waals surface area contributed by atoms with Gasteiger partial charge in [0.2, 0.25) is 0 Å². The van der Waals surface area contributed by atoms with Gasteiger partial charge in [0, 0.05) is 42.7 Å². The molecule has 0 bridgehead atoms. The molecule has 0 spiro atoms. The molecule has 5 rings (SSSR count). The van der Waals surface area contributed by atoms with Gasteiger partial charge in [0.1, 0.15) is 17.8 Å². The number of benzene rings is 1. The van der Waals surface area contributed by atoms with Gasteiger partial charge < -0.3 is 15.0 Å². The third kappa shape index (κ3) is 4.16. The van der Waals surface area contributed by atoms with Crippen molar-refractivity contribution in [1.29, 1.82) is 0 Å². The zero-order valence-electron chi connectivity index (χ0n) is 19.4. The van der Waals surface area contributed by atoms with Crippen molar-refractivity contribution in [3.05, 3.63) is 59.9 Å². The third-order valence-corrected chi connectivity index (χ3v) is 6.81. The second kappa shape index (κ2) is 9.03. The first-order chi connectivity index (χ1) is 16.0. The molecule has 3 heterocycles. The maximum absolute atomic E-state index is 9.62. The Kier molecular flexibility index (Phi) is 5.95. The maximum atomic E-state index is 9.62. The van der Waals surface area contributed by atoms with Crippen molar-refractivity contribution in [3.63, 3.8) is 0 Å². The predicted octanol–water partition coefficient (Wildman–Crippen LogP) is 3.72. The van der Waals surface area contributed by atoms with Crippen molar-refractivity contribution < 1.29 is 5.11 Å². The molecule has 1 aromatic carbocycles. The summed E-state index contributed by atoms with van der Waals surface area (Å²) < 4.78 is 2.04. The molecule has 172 valence electrons. The number of rotatable bonds is 8. The predicted molar refractivity (Wildman–Crippen MR) is 128 cm³/mol. The number of aryl methyl sites for hydroxylation is 1. The normalized spacial score (nSPS) is 17.1. The van der Waals surface area contributed by atoms with E-state index in [0.717, 1.165) is 33.7 Å². The van der Waals surface area contributed by atoms with E-state index in [1.807, 2.05) is 23.9 Å². The minimum atomic E-state index is -0.413. The summed E-state index contributed by atoms with van der Waals surface area (Å²) in [6, 6.07) is 10.7. The Morgan fingerprint density at radius 3 is 2.79 bits per heavy atom. The van der Waals surface area contributed by atoms with Crippen LogP contribution in [0.25, 0.3) is 22.2 Å². The van der Waals surface area contributed by atoms with Crippen LogP contribution in [-0.4, -0.2) is 47.7 Å². The van der Waals surface area contributed by atoms with E-state index in [1.165, 1.54) is 24.8 Å². The van der Waals surface area contributed by atoms with Gasteiger partial charge in [0.05, 0.1) is 17.3 Å². The summed E-state index contributed by atoms with van der Waals surface area (Å²) in [6.45, 7) is 4.33. The van der Waals surface area contributed by atoms with E-state index in [2.05, 4.69) is 61.9 Å². The molecule has 3 N–H and O–H groups in total. The number of pyridine rings is 1. The molecule has 1 aliphatic rings. The van der Waals surface area contributed by atoms with Crippen LogP contribution in [0.15, 0.2) is 42.9 Å². The van der Waals surface area contributed by atoms with Gasteiger partial charge in [-0.1, -0.05) is 24.6 Å². The number of H-pyrrole nitrogens is 1. The summed E-state index contributed by atoms with van der Waals surface area (Å²) in [5, 5.41) is 30.5. The van der Waals surface area contributed by atoms with Crippen molar-refractivity contribution in [2.75, 3.05) is 6.54 Å². The lowest BCUT2D eigenvalue weighted by atomic mass is 9.72. The molecule has 0 saturated heterocycles. The van der Waals surface area contributed by atoms with Crippen LogP contribution < -0.4 is 5.32 Å². The number of aromatic nitrogens is 6. The Labute approximate surface area is 193 Å². The van der Waals surface area contributed by atoms with E-state index < -0.39 is 6.10 Å². The molecule has 3 atom stereocenters. The maximum Gasteiger partial charge on any atom is 0.140 e. The van der Waals surface area contributed by atoms with Crippen LogP contribution in [0.5, 0.6) is 0 Å². The molecule has 0 radical (unpaired) electrons. The van der Waals surface area contributed by atoms with Crippen LogP contribution >= 0.6 is 0 Å². The molecular formula is C25H31N7O. The van der Waals surface area contributed by atoms with Gasteiger partial charge >= 0.3 is 0 Å². The fraction of sp³-hybridized carbons (Fsp3) is 0.440. The van der Waals surface area contributed by atoms with Crippen molar-refractivity contribution in [2.45, 2.75) is 51.2 Å². The zero-order chi connectivity index (χ0) is 22.9. The Balaban J connectivity index is 1.52. The van der Waals surface area contributed by atoms with Crippen LogP contribution in [0.4, 0.5) is 0 Å². The average Bonchev–Trinajstić information content (AvgIpc) is 3.40. The smallest absolute Gasteiger partial charge is 0.140 e. The molecule has 1 fully saturated rings. The van der Waals surface area contributed by atoms with E-state index in [1.54, 1.807) is 13.3 Å². The van der Waals surface area contributed by atoms with Crippen LogP contribution in [0, 0.1) is 5.92 Å². The third-order valence-electron chi connectivity index (χ3n) is 6.81. The quantitative estimate of drug-likeness (QED) is 0.382. The molecule has 8 nitrogen and oxygen atoms in total.